The van der Waals surface area contributed by atoms with E-state index in [2.05, 4.69) is 4.98 Å². The lowest BCUT2D eigenvalue weighted by Crippen LogP contribution is -2.06. The molecule has 1 aromatic carbocycles. The smallest absolute Gasteiger partial charge is 0.340 e. The van der Waals surface area contributed by atoms with Crippen molar-refractivity contribution in [2.45, 2.75) is 0 Å². The Kier molecular flexibility index (Phi) is 4.05. The molecule has 0 bridgehead atoms. The van der Waals surface area contributed by atoms with Crippen LogP contribution in [0.3, 0.4) is 0 Å². The van der Waals surface area contributed by atoms with Gasteiger partial charge < -0.3 is 15.2 Å². The summed E-state index contributed by atoms with van der Waals surface area (Å²) >= 11 is 0. The number of nitriles is 1. The number of anilines is 1. The molecular weight excluding hydrogens is 270 g/mol. The summed E-state index contributed by atoms with van der Waals surface area (Å²) in [6, 6.07) is 8.51. The van der Waals surface area contributed by atoms with Crippen LogP contribution < -0.4 is 10.5 Å². The maximum Gasteiger partial charge on any atom is 0.340 e. The van der Waals surface area contributed by atoms with Crippen LogP contribution in [-0.2, 0) is 4.74 Å². The molecule has 6 heteroatoms. The molecule has 1 heterocycles. The SMILES string of the molecule is COC(=O)c1cnc(N)cc1-c1cc(C#N)ccc1OC. The molecule has 2 aromatic rings. The Bertz CT molecular complexity index is 735. The third kappa shape index (κ3) is 2.77. The van der Waals surface area contributed by atoms with Crippen LogP contribution in [0.15, 0.2) is 30.5 Å². The van der Waals surface area contributed by atoms with E-state index in [-0.39, 0.29) is 11.4 Å². The van der Waals surface area contributed by atoms with Crippen LogP contribution in [0.2, 0.25) is 0 Å². The van der Waals surface area contributed by atoms with Crippen molar-refractivity contribution in [3.63, 3.8) is 0 Å². The van der Waals surface area contributed by atoms with E-state index >= 15 is 0 Å². The predicted octanol–water partition coefficient (Wildman–Crippen LogP) is 2.00. The molecule has 0 unspecified atom stereocenters. The highest BCUT2D eigenvalue weighted by atomic mass is 16.5. The van der Waals surface area contributed by atoms with Gasteiger partial charge in [-0.05, 0) is 24.3 Å². The van der Waals surface area contributed by atoms with Gasteiger partial charge in [-0.3, -0.25) is 0 Å². The molecule has 0 aliphatic heterocycles. The van der Waals surface area contributed by atoms with Crippen molar-refractivity contribution in [3.05, 3.63) is 41.6 Å². The fraction of sp³-hybridized carbons (Fsp3) is 0.133. The van der Waals surface area contributed by atoms with Gasteiger partial charge in [0, 0.05) is 17.3 Å². The summed E-state index contributed by atoms with van der Waals surface area (Å²) in [4.78, 5) is 15.8. The fourth-order valence-electron chi connectivity index (χ4n) is 1.95. The van der Waals surface area contributed by atoms with E-state index in [0.717, 1.165) is 0 Å². The first-order valence-electron chi connectivity index (χ1n) is 6.03. The number of benzene rings is 1. The van der Waals surface area contributed by atoms with Crippen LogP contribution in [0, 0.1) is 11.3 Å². The van der Waals surface area contributed by atoms with Crippen molar-refractivity contribution in [1.82, 2.24) is 4.98 Å². The van der Waals surface area contributed by atoms with Gasteiger partial charge in [0.25, 0.3) is 0 Å². The lowest BCUT2D eigenvalue weighted by molar-refractivity contribution is 0.0601. The van der Waals surface area contributed by atoms with Crippen LogP contribution in [0.5, 0.6) is 5.75 Å². The molecule has 0 spiro atoms. The molecule has 2 N–H and O–H groups in total. The highest BCUT2D eigenvalue weighted by Crippen LogP contribution is 2.34. The molecule has 21 heavy (non-hydrogen) atoms. The molecule has 0 atom stereocenters. The average Bonchev–Trinajstić information content (AvgIpc) is 2.53. The van der Waals surface area contributed by atoms with Crippen molar-refractivity contribution in [3.8, 4) is 22.9 Å². The predicted molar refractivity (Wildman–Crippen MR) is 76.7 cm³/mol. The maximum atomic E-state index is 11.9. The topological polar surface area (TPSA) is 98.2 Å². The standard InChI is InChI=1S/C15H13N3O3/c1-20-13-4-3-9(7-16)5-11(13)10-6-14(17)18-8-12(10)15(19)21-2/h3-6,8H,1-2H3,(H2,17,18). The zero-order valence-corrected chi connectivity index (χ0v) is 11.6. The minimum absolute atomic E-state index is 0.250. The quantitative estimate of drug-likeness (QED) is 0.865. The minimum atomic E-state index is -0.540. The number of ether oxygens (including phenoxy) is 2. The van der Waals surface area contributed by atoms with Crippen molar-refractivity contribution >= 4 is 11.8 Å². The molecule has 0 amide bonds. The molecule has 6 nitrogen and oxygen atoms in total. The van der Waals surface area contributed by atoms with Gasteiger partial charge in [0.15, 0.2) is 0 Å². The van der Waals surface area contributed by atoms with Crippen molar-refractivity contribution in [2.24, 2.45) is 0 Å². The average molecular weight is 283 g/mol. The minimum Gasteiger partial charge on any atom is -0.496 e. The number of aromatic nitrogens is 1. The first-order chi connectivity index (χ1) is 10.1. The summed E-state index contributed by atoms with van der Waals surface area (Å²) in [5.74, 6) is 0.230. The van der Waals surface area contributed by atoms with Gasteiger partial charge in [-0.25, -0.2) is 9.78 Å². The van der Waals surface area contributed by atoms with Gasteiger partial charge in [-0.2, -0.15) is 5.26 Å². The Morgan fingerprint density at radius 1 is 1.29 bits per heavy atom. The molecule has 0 aliphatic carbocycles. The van der Waals surface area contributed by atoms with Gasteiger partial charge in [0.2, 0.25) is 0 Å². The molecular formula is C15H13N3O3. The van der Waals surface area contributed by atoms with E-state index in [9.17, 15) is 4.79 Å². The second-order valence-electron chi connectivity index (χ2n) is 4.17. The molecule has 106 valence electrons. The number of carbonyl (C=O) groups is 1. The zero-order valence-electron chi connectivity index (χ0n) is 11.6. The number of hydrogen-bond acceptors (Lipinski definition) is 6. The van der Waals surface area contributed by atoms with Gasteiger partial charge in [-0.15, -0.1) is 0 Å². The van der Waals surface area contributed by atoms with Crippen LogP contribution in [-0.4, -0.2) is 25.2 Å². The van der Waals surface area contributed by atoms with E-state index in [1.54, 1.807) is 24.3 Å². The number of nitrogen functional groups attached to an aromatic ring is 1. The number of carbonyl (C=O) groups excluding carboxylic acids is 1. The largest absolute Gasteiger partial charge is 0.496 e. The van der Waals surface area contributed by atoms with E-state index in [0.29, 0.717) is 22.4 Å². The Morgan fingerprint density at radius 2 is 2.05 bits per heavy atom. The number of nitrogens with two attached hydrogens (primary N) is 1. The molecule has 0 aliphatic rings. The summed E-state index contributed by atoms with van der Waals surface area (Å²) < 4.78 is 10.0. The Hall–Kier alpha value is -3.07. The lowest BCUT2D eigenvalue weighted by atomic mass is 9.98. The third-order valence-corrected chi connectivity index (χ3v) is 2.95. The van der Waals surface area contributed by atoms with Gasteiger partial charge in [0.1, 0.15) is 11.6 Å². The molecule has 0 radical (unpaired) electrons. The van der Waals surface area contributed by atoms with Gasteiger partial charge in [-0.1, -0.05) is 0 Å². The lowest BCUT2D eigenvalue weighted by Gasteiger charge is -2.12. The summed E-state index contributed by atoms with van der Waals surface area (Å²) in [6.07, 6.45) is 1.34. The number of nitrogens with zero attached hydrogens (tertiary/aromatic N) is 2. The number of rotatable bonds is 3. The van der Waals surface area contributed by atoms with E-state index < -0.39 is 5.97 Å². The zero-order chi connectivity index (χ0) is 15.4. The van der Waals surface area contributed by atoms with E-state index in [4.69, 9.17) is 20.5 Å². The number of esters is 1. The maximum absolute atomic E-state index is 11.9. The summed E-state index contributed by atoms with van der Waals surface area (Å²) in [7, 11) is 2.79. The Balaban J connectivity index is 2.74. The molecule has 0 saturated heterocycles. The Morgan fingerprint density at radius 3 is 2.67 bits per heavy atom. The second-order valence-corrected chi connectivity index (χ2v) is 4.17. The highest BCUT2D eigenvalue weighted by Gasteiger charge is 2.18. The van der Waals surface area contributed by atoms with Crippen molar-refractivity contribution < 1.29 is 14.3 Å². The first kappa shape index (κ1) is 14.3. The summed E-state index contributed by atoms with van der Waals surface area (Å²) in [5, 5.41) is 9.03. The van der Waals surface area contributed by atoms with Crippen molar-refractivity contribution in [1.29, 1.82) is 5.26 Å². The summed E-state index contributed by atoms with van der Waals surface area (Å²) in [6.45, 7) is 0. The first-order valence-corrected chi connectivity index (χ1v) is 6.03. The number of hydrogen-bond donors (Lipinski definition) is 1. The second kappa shape index (κ2) is 5.92. The van der Waals surface area contributed by atoms with Gasteiger partial charge in [0.05, 0.1) is 31.4 Å². The highest BCUT2D eigenvalue weighted by molar-refractivity contribution is 5.98. The van der Waals surface area contributed by atoms with Crippen LogP contribution >= 0.6 is 0 Å². The normalized spacial score (nSPS) is 9.76. The molecule has 0 saturated carbocycles. The van der Waals surface area contributed by atoms with Crippen LogP contribution in [0.1, 0.15) is 15.9 Å². The van der Waals surface area contributed by atoms with Crippen LogP contribution in [0.4, 0.5) is 5.82 Å². The van der Waals surface area contributed by atoms with E-state index in [1.807, 2.05) is 6.07 Å². The van der Waals surface area contributed by atoms with Crippen LogP contribution in [0.25, 0.3) is 11.1 Å². The van der Waals surface area contributed by atoms with Crippen molar-refractivity contribution in [2.75, 3.05) is 20.0 Å². The number of methoxy groups -OCH3 is 2. The molecule has 0 fully saturated rings. The van der Waals surface area contributed by atoms with Gasteiger partial charge >= 0.3 is 5.97 Å². The molecule has 1 aromatic heterocycles. The summed E-state index contributed by atoms with van der Waals surface area (Å²) in [5.41, 5.74) is 7.47. The Labute approximate surface area is 121 Å². The fourth-order valence-corrected chi connectivity index (χ4v) is 1.95. The van der Waals surface area contributed by atoms with E-state index in [1.165, 1.54) is 20.4 Å². The number of pyridine rings is 1. The molecule has 2 rings (SSSR count). The monoisotopic (exact) mass is 283 g/mol. The third-order valence-electron chi connectivity index (χ3n) is 2.95.